The van der Waals surface area contributed by atoms with Crippen LogP contribution in [0.5, 0.6) is 0 Å². The fraction of sp³-hybridized carbons (Fsp3) is 0.400. The van der Waals surface area contributed by atoms with Crippen molar-refractivity contribution in [1.29, 1.82) is 0 Å². The normalized spacial score (nSPS) is 14.8. The molecule has 3 rings (SSSR count). The smallest absolute Gasteiger partial charge is 0.292 e. The lowest BCUT2D eigenvalue weighted by Gasteiger charge is -2.35. The van der Waals surface area contributed by atoms with Gasteiger partial charge in [-0.3, -0.25) is 14.9 Å². The van der Waals surface area contributed by atoms with Crippen molar-refractivity contribution >= 4 is 17.4 Å². The summed E-state index contributed by atoms with van der Waals surface area (Å²) in [6.07, 6.45) is 0. The summed E-state index contributed by atoms with van der Waals surface area (Å²) in [7, 11) is 0. The maximum atomic E-state index is 12.3. The molecule has 0 bridgehead atoms. The summed E-state index contributed by atoms with van der Waals surface area (Å²) in [4.78, 5) is 30.7. The highest BCUT2D eigenvalue weighted by Gasteiger charge is 2.26. The van der Waals surface area contributed by atoms with Crippen molar-refractivity contribution in [1.82, 2.24) is 15.0 Å². The first-order chi connectivity index (χ1) is 11.5. The quantitative estimate of drug-likeness (QED) is 0.620. The lowest BCUT2D eigenvalue weighted by molar-refractivity contribution is -0.385. The molecule has 2 aromatic heterocycles. The van der Waals surface area contributed by atoms with E-state index in [1.165, 1.54) is 6.07 Å². The number of piperazine rings is 1. The summed E-state index contributed by atoms with van der Waals surface area (Å²) >= 11 is 0. The fourth-order valence-electron chi connectivity index (χ4n) is 2.67. The number of aromatic nitrogens is 2. The molecule has 0 unspecified atom stereocenters. The van der Waals surface area contributed by atoms with E-state index in [0.717, 1.165) is 0 Å². The van der Waals surface area contributed by atoms with Crippen molar-refractivity contribution < 1.29 is 14.2 Å². The van der Waals surface area contributed by atoms with Gasteiger partial charge in [0.2, 0.25) is 5.76 Å². The molecular formula is C15H17N5O4. The van der Waals surface area contributed by atoms with E-state index < -0.39 is 4.92 Å². The zero-order valence-corrected chi connectivity index (χ0v) is 13.4. The summed E-state index contributed by atoms with van der Waals surface area (Å²) in [6.45, 7) is 5.63. The molecule has 2 aromatic rings. The first-order valence-corrected chi connectivity index (χ1v) is 7.55. The minimum atomic E-state index is -0.442. The molecule has 24 heavy (non-hydrogen) atoms. The monoisotopic (exact) mass is 331 g/mol. The number of nitro groups is 1. The molecule has 126 valence electrons. The van der Waals surface area contributed by atoms with E-state index in [9.17, 15) is 14.9 Å². The highest BCUT2D eigenvalue weighted by atomic mass is 16.6. The molecule has 1 fully saturated rings. The Morgan fingerprint density at radius 3 is 2.50 bits per heavy atom. The number of hydrogen-bond donors (Lipinski definition) is 0. The zero-order valence-electron chi connectivity index (χ0n) is 13.4. The van der Waals surface area contributed by atoms with Gasteiger partial charge in [-0.2, -0.15) is 0 Å². The Balaban J connectivity index is 1.66. The second-order valence-electron chi connectivity index (χ2n) is 5.64. The van der Waals surface area contributed by atoms with Gasteiger partial charge in [-0.25, -0.2) is 4.98 Å². The molecule has 1 aliphatic heterocycles. The van der Waals surface area contributed by atoms with Crippen LogP contribution in [-0.4, -0.2) is 52.1 Å². The van der Waals surface area contributed by atoms with Gasteiger partial charge in [-0.05, 0) is 19.9 Å². The van der Waals surface area contributed by atoms with Crippen molar-refractivity contribution in [2.45, 2.75) is 13.8 Å². The van der Waals surface area contributed by atoms with E-state index in [0.29, 0.717) is 43.4 Å². The topological polar surface area (TPSA) is 106 Å². The molecule has 9 heteroatoms. The van der Waals surface area contributed by atoms with Gasteiger partial charge in [0, 0.05) is 38.3 Å². The third kappa shape index (κ3) is 3.05. The van der Waals surface area contributed by atoms with Gasteiger partial charge in [0.05, 0.1) is 10.6 Å². The van der Waals surface area contributed by atoms with E-state index >= 15 is 0 Å². The van der Waals surface area contributed by atoms with Crippen molar-refractivity contribution in [2.24, 2.45) is 0 Å². The van der Waals surface area contributed by atoms with Crippen LogP contribution in [0, 0.1) is 24.0 Å². The second-order valence-corrected chi connectivity index (χ2v) is 5.64. The minimum absolute atomic E-state index is 0.00764. The minimum Gasteiger partial charge on any atom is -0.353 e. The van der Waals surface area contributed by atoms with Gasteiger partial charge in [0.25, 0.3) is 11.6 Å². The van der Waals surface area contributed by atoms with E-state index in [2.05, 4.69) is 10.1 Å². The Morgan fingerprint density at radius 2 is 1.96 bits per heavy atom. The number of nitrogens with zero attached hydrogens (tertiary/aromatic N) is 5. The van der Waals surface area contributed by atoms with Gasteiger partial charge in [0.1, 0.15) is 11.5 Å². The lowest BCUT2D eigenvalue weighted by atomic mass is 10.2. The molecule has 0 radical (unpaired) electrons. The Bertz CT molecular complexity index is 780. The molecule has 0 spiro atoms. The predicted molar refractivity (Wildman–Crippen MR) is 85.0 cm³/mol. The molecule has 0 aromatic carbocycles. The maximum absolute atomic E-state index is 12.3. The van der Waals surface area contributed by atoms with Crippen LogP contribution in [0.3, 0.4) is 0 Å². The summed E-state index contributed by atoms with van der Waals surface area (Å²) in [5.41, 5.74) is 1.06. The number of anilines is 1. The lowest BCUT2D eigenvalue weighted by Crippen LogP contribution is -2.49. The van der Waals surface area contributed by atoms with Crippen molar-refractivity contribution in [3.05, 3.63) is 45.5 Å². The third-order valence-corrected chi connectivity index (χ3v) is 3.97. The van der Waals surface area contributed by atoms with Crippen LogP contribution in [0.25, 0.3) is 0 Å². The predicted octanol–water partition coefficient (Wildman–Crippen LogP) is 1.56. The Labute approximate surface area is 138 Å². The van der Waals surface area contributed by atoms with E-state index in [-0.39, 0.29) is 17.4 Å². The van der Waals surface area contributed by atoms with Crippen LogP contribution < -0.4 is 4.90 Å². The average molecular weight is 331 g/mol. The van der Waals surface area contributed by atoms with Crippen molar-refractivity contribution in [3.63, 3.8) is 0 Å². The number of aryl methyl sites for hydroxylation is 2. The van der Waals surface area contributed by atoms with Gasteiger partial charge in [-0.1, -0.05) is 5.16 Å². The summed E-state index contributed by atoms with van der Waals surface area (Å²) < 4.78 is 5.01. The molecule has 0 N–H and O–H groups in total. The molecule has 3 heterocycles. The summed E-state index contributed by atoms with van der Waals surface area (Å²) in [5, 5.41) is 14.6. The van der Waals surface area contributed by atoms with Crippen LogP contribution in [0.4, 0.5) is 11.5 Å². The van der Waals surface area contributed by atoms with E-state index in [4.69, 9.17) is 4.52 Å². The first-order valence-electron chi connectivity index (χ1n) is 7.55. The van der Waals surface area contributed by atoms with Crippen molar-refractivity contribution in [2.75, 3.05) is 31.1 Å². The maximum Gasteiger partial charge on any atom is 0.292 e. The molecular weight excluding hydrogens is 314 g/mol. The Hall–Kier alpha value is -2.97. The Morgan fingerprint density at radius 1 is 1.25 bits per heavy atom. The fourth-order valence-corrected chi connectivity index (χ4v) is 2.67. The molecule has 0 saturated carbocycles. The summed E-state index contributed by atoms with van der Waals surface area (Å²) in [5.74, 6) is 0.744. The van der Waals surface area contributed by atoms with Crippen molar-refractivity contribution in [3.8, 4) is 0 Å². The van der Waals surface area contributed by atoms with Crippen LogP contribution in [0.2, 0.25) is 0 Å². The Kier molecular flexibility index (Phi) is 4.15. The molecule has 0 atom stereocenters. The molecule has 1 amide bonds. The number of pyridine rings is 1. The van der Waals surface area contributed by atoms with Gasteiger partial charge in [-0.15, -0.1) is 0 Å². The zero-order chi connectivity index (χ0) is 17.3. The molecule has 1 aliphatic rings. The number of amides is 1. The van der Waals surface area contributed by atoms with E-state index in [1.807, 2.05) is 4.90 Å². The average Bonchev–Trinajstić information content (AvgIpc) is 3.00. The first kappa shape index (κ1) is 15.9. The van der Waals surface area contributed by atoms with E-state index in [1.54, 1.807) is 30.9 Å². The van der Waals surface area contributed by atoms with Gasteiger partial charge < -0.3 is 14.3 Å². The van der Waals surface area contributed by atoms with Crippen LogP contribution in [-0.2, 0) is 0 Å². The van der Waals surface area contributed by atoms with Crippen LogP contribution in [0.15, 0.2) is 22.7 Å². The molecule has 9 nitrogen and oxygen atoms in total. The highest BCUT2D eigenvalue weighted by molar-refractivity contribution is 5.91. The van der Waals surface area contributed by atoms with Gasteiger partial charge >= 0.3 is 0 Å². The van der Waals surface area contributed by atoms with Gasteiger partial charge in [0.15, 0.2) is 0 Å². The third-order valence-electron chi connectivity index (χ3n) is 3.97. The molecule has 1 saturated heterocycles. The molecule has 0 aliphatic carbocycles. The number of rotatable bonds is 3. The van der Waals surface area contributed by atoms with Crippen LogP contribution >= 0.6 is 0 Å². The number of hydrogen-bond acceptors (Lipinski definition) is 7. The van der Waals surface area contributed by atoms with Crippen LogP contribution in [0.1, 0.15) is 21.9 Å². The standard InChI is InChI=1S/C15H17N5O4/c1-10-9-13(24-17-10)15(21)19-7-5-18(6-8-19)14-4-3-12(20(22)23)11(2)16-14/h3-4,9H,5-8H2,1-2H3. The SMILES string of the molecule is Cc1cc(C(=O)N2CCN(c3ccc([N+](=O)[O-])c(C)n3)CC2)on1. The summed E-state index contributed by atoms with van der Waals surface area (Å²) in [6, 6.07) is 4.73. The number of carbonyl (C=O) groups is 1. The number of carbonyl (C=O) groups excluding carboxylic acids is 1. The largest absolute Gasteiger partial charge is 0.353 e. The highest BCUT2D eigenvalue weighted by Crippen LogP contribution is 2.21. The second kappa shape index (κ2) is 6.26.